The van der Waals surface area contributed by atoms with Gasteiger partial charge in [-0.2, -0.15) is 0 Å². The second-order valence-electron chi connectivity index (χ2n) is 7.48. The Morgan fingerprint density at radius 3 is 2.54 bits per heavy atom. The summed E-state index contributed by atoms with van der Waals surface area (Å²) in [6.45, 7) is 3.34. The zero-order chi connectivity index (χ0) is 18.7. The molecule has 1 fully saturated rings. The van der Waals surface area contributed by atoms with Crippen LogP contribution in [0.1, 0.15) is 12.0 Å². The van der Waals surface area contributed by atoms with E-state index in [1.54, 1.807) is 12.1 Å². The van der Waals surface area contributed by atoms with Gasteiger partial charge in [0.05, 0.1) is 6.42 Å². The standard InChI is InChI=1S/C19H27ClN2O4/c1-21(2)9-13-5-14(12-23)11-22(10-13)19(24)7-15-6-17-18(8-16(15)20)26-4-3-25-17/h6,8,13-14,23H,3-5,7,9-12H2,1-2H3/t13-,14+/m1/s1. The third kappa shape index (κ3) is 4.61. The minimum Gasteiger partial charge on any atom is -0.486 e. The number of nitrogens with zero attached hydrogens (tertiary/aromatic N) is 2. The monoisotopic (exact) mass is 382 g/mol. The number of likely N-dealkylation sites (tertiary alicyclic amines) is 1. The summed E-state index contributed by atoms with van der Waals surface area (Å²) in [6, 6.07) is 3.53. The smallest absolute Gasteiger partial charge is 0.227 e. The number of carbonyl (C=O) groups is 1. The Labute approximate surface area is 159 Å². The molecule has 2 aliphatic rings. The molecule has 0 radical (unpaired) electrons. The number of hydrogen-bond acceptors (Lipinski definition) is 5. The van der Waals surface area contributed by atoms with Crippen LogP contribution >= 0.6 is 11.6 Å². The van der Waals surface area contributed by atoms with Gasteiger partial charge in [-0.05, 0) is 44.0 Å². The van der Waals surface area contributed by atoms with Crippen molar-refractivity contribution in [3.05, 3.63) is 22.7 Å². The van der Waals surface area contributed by atoms with Crippen LogP contribution in [-0.2, 0) is 11.2 Å². The summed E-state index contributed by atoms with van der Waals surface area (Å²) in [6.07, 6.45) is 1.17. The fourth-order valence-electron chi connectivity index (χ4n) is 3.82. The van der Waals surface area contributed by atoms with E-state index >= 15 is 0 Å². The highest BCUT2D eigenvalue weighted by Gasteiger charge is 2.30. The molecule has 3 rings (SSSR count). The molecule has 2 heterocycles. The van der Waals surface area contributed by atoms with Crippen LogP contribution in [0.3, 0.4) is 0 Å². The molecule has 1 amide bonds. The molecule has 0 unspecified atom stereocenters. The first kappa shape index (κ1) is 19.3. The third-order valence-corrected chi connectivity index (χ3v) is 5.26. The summed E-state index contributed by atoms with van der Waals surface area (Å²) >= 11 is 6.34. The van der Waals surface area contributed by atoms with E-state index in [-0.39, 0.29) is 24.9 Å². The Kier molecular flexibility index (Phi) is 6.27. The summed E-state index contributed by atoms with van der Waals surface area (Å²) in [4.78, 5) is 16.9. The predicted octanol–water partition coefficient (Wildman–Crippen LogP) is 1.67. The zero-order valence-electron chi connectivity index (χ0n) is 15.4. The van der Waals surface area contributed by atoms with Gasteiger partial charge in [-0.3, -0.25) is 4.79 Å². The number of amides is 1. The molecule has 0 saturated carbocycles. The number of hydrogen-bond donors (Lipinski definition) is 1. The number of aliphatic hydroxyl groups is 1. The van der Waals surface area contributed by atoms with Crippen LogP contribution in [0.5, 0.6) is 11.5 Å². The number of aliphatic hydroxyl groups excluding tert-OH is 1. The van der Waals surface area contributed by atoms with Gasteiger partial charge in [-0.25, -0.2) is 0 Å². The number of ether oxygens (including phenoxy) is 2. The summed E-state index contributed by atoms with van der Waals surface area (Å²) in [5.74, 6) is 1.80. The van der Waals surface area contributed by atoms with E-state index in [1.165, 1.54) is 0 Å². The Morgan fingerprint density at radius 1 is 1.23 bits per heavy atom. The van der Waals surface area contributed by atoms with Crippen molar-refractivity contribution < 1.29 is 19.4 Å². The van der Waals surface area contributed by atoms with Gasteiger partial charge < -0.3 is 24.4 Å². The van der Waals surface area contributed by atoms with Crippen molar-refractivity contribution in [2.45, 2.75) is 12.8 Å². The summed E-state index contributed by atoms with van der Waals surface area (Å²) in [7, 11) is 4.06. The van der Waals surface area contributed by atoms with Gasteiger partial charge in [0.25, 0.3) is 0 Å². The Bertz CT molecular complexity index is 653. The lowest BCUT2D eigenvalue weighted by Crippen LogP contribution is -2.47. The van der Waals surface area contributed by atoms with E-state index in [2.05, 4.69) is 4.90 Å². The van der Waals surface area contributed by atoms with Crippen LogP contribution in [0.4, 0.5) is 0 Å². The lowest BCUT2D eigenvalue weighted by molar-refractivity contribution is -0.133. The van der Waals surface area contributed by atoms with Gasteiger partial charge in [0.2, 0.25) is 5.91 Å². The van der Waals surface area contributed by atoms with Crippen molar-refractivity contribution in [3.63, 3.8) is 0 Å². The molecule has 6 nitrogen and oxygen atoms in total. The number of carbonyl (C=O) groups excluding carboxylic acids is 1. The molecule has 1 aromatic rings. The molecule has 7 heteroatoms. The number of benzene rings is 1. The normalized spacial score (nSPS) is 22.6. The fourth-order valence-corrected chi connectivity index (χ4v) is 4.04. The van der Waals surface area contributed by atoms with Crippen LogP contribution in [0.2, 0.25) is 5.02 Å². The lowest BCUT2D eigenvalue weighted by Gasteiger charge is -2.38. The quantitative estimate of drug-likeness (QED) is 0.839. The first-order valence-electron chi connectivity index (χ1n) is 9.07. The Morgan fingerprint density at radius 2 is 1.88 bits per heavy atom. The van der Waals surface area contributed by atoms with Crippen molar-refractivity contribution >= 4 is 17.5 Å². The van der Waals surface area contributed by atoms with Crippen molar-refractivity contribution in [2.24, 2.45) is 11.8 Å². The Balaban J connectivity index is 1.70. The second kappa shape index (κ2) is 8.46. The second-order valence-corrected chi connectivity index (χ2v) is 7.88. The van der Waals surface area contributed by atoms with E-state index in [1.807, 2.05) is 19.0 Å². The van der Waals surface area contributed by atoms with Crippen LogP contribution in [-0.4, -0.2) is 74.4 Å². The highest BCUT2D eigenvalue weighted by molar-refractivity contribution is 6.31. The van der Waals surface area contributed by atoms with Gasteiger partial charge in [-0.1, -0.05) is 11.6 Å². The molecule has 26 heavy (non-hydrogen) atoms. The molecular weight excluding hydrogens is 356 g/mol. The molecule has 0 bridgehead atoms. The van der Waals surface area contributed by atoms with Crippen LogP contribution in [0, 0.1) is 11.8 Å². The molecule has 0 aliphatic carbocycles. The molecule has 1 saturated heterocycles. The lowest BCUT2D eigenvalue weighted by atomic mass is 9.89. The van der Waals surface area contributed by atoms with Crippen molar-refractivity contribution in [3.8, 4) is 11.5 Å². The Hall–Kier alpha value is -1.50. The average molecular weight is 383 g/mol. The van der Waals surface area contributed by atoms with Gasteiger partial charge in [0.15, 0.2) is 11.5 Å². The van der Waals surface area contributed by atoms with Gasteiger partial charge in [0, 0.05) is 37.3 Å². The fraction of sp³-hybridized carbons (Fsp3) is 0.632. The first-order valence-corrected chi connectivity index (χ1v) is 9.45. The van der Waals surface area contributed by atoms with Crippen molar-refractivity contribution in [1.82, 2.24) is 9.80 Å². The molecule has 1 N–H and O–H groups in total. The molecule has 1 aromatic carbocycles. The minimum atomic E-state index is 0.0329. The summed E-state index contributed by atoms with van der Waals surface area (Å²) < 4.78 is 11.1. The minimum absolute atomic E-state index is 0.0329. The average Bonchev–Trinajstić information content (AvgIpc) is 2.61. The maximum Gasteiger partial charge on any atom is 0.227 e. The number of halogens is 1. The maximum atomic E-state index is 12.9. The topological polar surface area (TPSA) is 62.2 Å². The molecule has 144 valence electrons. The van der Waals surface area contributed by atoms with Crippen molar-refractivity contribution in [2.75, 3.05) is 53.6 Å². The van der Waals surface area contributed by atoms with Gasteiger partial charge in [-0.15, -0.1) is 0 Å². The molecular formula is C19H27ClN2O4. The van der Waals surface area contributed by atoms with Crippen LogP contribution in [0.25, 0.3) is 0 Å². The van der Waals surface area contributed by atoms with Crippen LogP contribution in [0.15, 0.2) is 12.1 Å². The maximum absolute atomic E-state index is 12.9. The summed E-state index contributed by atoms with van der Waals surface area (Å²) in [5.41, 5.74) is 0.746. The van der Waals surface area contributed by atoms with E-state index in [9.17, 15) is 9.90 Å². The zero-order valence-corrected chi connectivity index (χ0v) is 16.2. The summed E-state index contributed by atoms with van der Waals surface area (Å²) in [5, 5.41) is 10.1. The van der Waals surface area contributed by atoms with Crippen LogP contribution < -0.4 is 9.47 Å². The SMILES string of the molecule is CN(C)C[C@H]1C[C@H](CO)CN(C(=O)Cc2cc3c(cc2Cl)OCCO3)C1. The largest absolute Gasteiger partial charge is 0.486 e. The van der Waals surface area contributed by atoms with E-state index in [4.69, 9.17) is 21.1 Å². The molecule has 2 aliphatic heterocycles. The van der Waals surface area contributed by atoms with Gasteiger partial charge >= 0.3 is 0 Å². The first-order chi connectivity index (χ1) is 12.5. The molecule has 2 atom stereocenters. The van der Waals surface area contributed by atoms with Gasteiger partial charge in [0.1, 0.15) is 13.2 Å². The predicted molar refractivity (Wildman–Crippen MR) is 100.0 cm³/mol. The highest BCUT2D eigenvalue weighted by atomic mass is 35.5. The van der Waals surface area contributed by atoms with E-state index < -0.39 is 0 Å². The highest BCUT2D eigenvalue weighted by Crippen LogP contribution is 2.36. The number of piperidine rings is 1. The van der Waals surface area contributed by atoms with Crippen molar-refractivity contribution in [1.29, 1.82) is 0 Å². The number of fused-ring (bicyclic) bond motifs is 1. The third-order valence-electron chi connectivity index (χ3n) is 4.91. The van der Waals surface area contributed by atoms with E-state index in [0.29, 0.717) is 42.2 Å². The number of rotatable bonds is 5. The molecule has 0 spiro atoms. The molecule has 0 aromatic heterocycles. The van der Waals surface area contributed by atoms with E-state index in [0.717, 1.165) is 25.1 Å².